The van der Waals surface area contributed by atoms with Gasteiger partial charge in [-0.1, -0.05) is 48.5 Å². The largest absolute Gasteiger partial charge is 0.505 e. The lowest BCUT2D eigenvalue weighted by atomic mass is 9.88. The van der Waals surface area contributed by atoms with Gasteiger partial charge in [-0.2, -0.15) is 0 Å². The van der Waals surface area contributed by atoms with E-state index in [-0.39, 0.29) is 0 Å². The van der Waals surface area contributed by atoms with Gasteiger partial charge in [-0.05, 0) is 75.2 Å². The summed E-state index contributed by atoms with van der Waals surface area (Å²) in [6, 6.07) is 20.5. The van der Waals surface area contributed by atoms with Crippen LogP contribution in [-0.2, 0) is 6.42 Å². The number of benzene rings is 4. The van der Waals surface area contributed by atoms with Gasteiger partial charge in [0.2, 0.25) is 0 Å². The molecule has 4 aromatic rings. The second-order valence-corrected chi connectivity index (χ2v) is 7.18. The fourth-order valence-electron chi connectivity index (χ4n) is 4.12. The lowest BCUT2D eigenvalue weighted by molar-refractivity contribution is 0.432. The molecule has 4 aromatic carbocycles. The zero-order chi connectivity index (χ0) is 20.1. The molecular weight excluding hydrogens is 370 g/mol. The van der Waals surface area contributed by atoms with Gasteiger partial charge < -0.3 is 10.2 Å². The predicted octanol–water partition coefficient (Wildman–Crippen LogP) is 6.28. The van der Waals surface area contributed by atoms with Gasteiger partial charge in [0.15, 0.2) is 23.1 Å². The van der Waals surface area contributed by atoms with Crippen molar-refractivity contribution in [3.63, 3.8) is 0 Å². The second-order valence-electron chi connectivity index (χ2n) is 7.18. The molecular formula is C25H16F2O2. The standard InChI is InChI=1S/C25H16F2O2/c26-21-12-15(5-9-23(21)28)18-7-8-19-17-4-2-1-3-14(17)11-20(19)25(18)16-6-10-24(29)22(27)13-16/h1-10,12-13,28-29H,11H2. The summed E-state index contributed by atoms with van der Waals surface area (Å²) in [7, 11) is 0. The Bertz CT molecular complexity index is 1280. The first-order chi connectivity index (χ1) is 14.0. The normalized spacial score (nSPS) is 11.9. The van der Waals surface area contributed by atoms with Gasteiger partial charge >= 0.3 is 0 Å². The molecule has 1 aliphatic rings. The van der Waals surface area contributed by atoms with E-state index in [4.69, 9.17) is 0 Å². The van der Waals surface area contributed by atoms with Crippen molar-refractivity contribution in [2.45, 2.75) is 6.42 Å². The van der Waals surface area contributed by atoms with Gasteiger partial charge in [0, 0.05) is 0 Å². The monoisotopic (exact) mass is 386 g/mol. The summed E-state index contributed by atoms with van der Waals surface area (Å²) in [5, 5.41) is 19.2. The Morgan fingerprint density at radius 1 is 0.621 bits per heavy atom. The van der Waals surface area contributed by atoms with E-state index in [2.05, 4.69) is 12.1 Å². The van der Waals surface area contributed by atoms with Crippen LogP contribution in [0.3, 0.4) is 0 Å². The number of halogens is 2. The fraction of sp³-hybridized carbons (Fsp3) is 0.0400. The van der Waals surface area contributed by atoms with Crippen molar-refractivity contribution in [3.8, 4) is 44.9 Å². The highest BCUT2D eigenvalue weighted by Gasteiger charge is 2.24. The topological polar surface area (TPSA) is 40.5 Å². The van der Waals surface area contributed by atoms with Gasteiger partial charge in [-0.15, -0.1) is 0 Å². The van der Waals surface area contributed by atoms with Crippen LogP contribution in [0.4, 0.5) is 8.78 Å². The quantitative estimate of drug-likeness (QED) is 0.375. The van der Waals surface area contributed by atoms with Gasteiger partial charge in [-0.25, -0.2) is 8.78 Å². The van der Waals surface area contributed by atoms with Crippen LogP contribution in [0.5, 0.6) is 11.5 Å². The zero-order valence-electron chi connectivity index (χ0n) is 15.3. The van der Waals surface area contributed by atoms with Crippen LogP contribution < -0.4 is 0 Å². The van der Waals surface area contributed by atoms with Crippen molar-refractivity contribution in [3.05, 3.63) is 95.6 Å². The fourth-order valence-corrected chi connectivity index (χ4v) is 4.12. The molecule has 0 atom stereocenters. The molecule has 4 heteroatoms. The molecule has 1 aliphatic carbocycles. The van der Waals surface area contributed by atoms with E-state index >= 15 is 0 Å². The highest BCUT2D eigenvalue weighted by Crippen LogP contribution is 2.46. The molecule has 0 saturated carbocycles. The first-order valence-corrected chi connectivity index (χ1v) is 9.25. The zero-order valence-corrected chi connectivity index (χ0v) is 15.3. The summed E-state index contributed by atoms with van der Waals surface area (Å²) in [6.07, 6.45) is 0.678. The molecule has 0 aromatic heterocycles. The highest BCUT2D eigenvalue weighted by atomic mass is 19.1. The average molecular weight is 386 g/mol. The maximum Gasteiger partial charge on any atom is 0.165 e. The number of fused-ring (bicyclic) bond motifs is 3. The number of phenolic OH excluding ortho intramolecular Hbond substituents is 2. The lowest BCUT2D eigenvalue weighted by Gasteiger charge is -2.16. The summed E-state index contributed by atoms with van der Waals surface area (Å²) in [5.41, 5.74) is 7.12. The van der Waals surface area contributed by atoms with Crippen LogP contribution in [0.15, 0.2) is 72.8 Å². The maximum atomic E-state index is 14.2. The van der Waals surface area contributed by atoms with E-state index in [1.807, 2.05) is 24.3 Å². The minimum atomic E-state index is -0.714. The Labute approximate surface area is 166 Å². The number of hydrogen-bond acceptors (Lipinski definition) is 2. The minimum Gasteiger partial charge on any atom is -0.505 e. The van der Waals surface area contributed by atoms with Gasteiger partial charge in [0.1, 0.15) is 0 Å². The van der Waals surface area contributed by atoms with Crippen molar-refractivity contribution < 1.29 is 19.0 Å². The number of rotatable bonds is 2. The molecule has 2 nitrogen and oxygen atoms in total. The molecule has 0 saturated heterocycles. The molecule has 0 unspecified atom stereocenters. The number of hydrogen-bond donors (Lipinski definition) is 2. The van der Waals surface area contributed by atoms with Crippen LogP contribution >= 0.6 is 0 Å². The Morgan fingerprint density at radius 2 is 1.24 bits per heavy atom. The highest BCUT2D eigenvalue weighted by molar-refractivity contribution is 5.93. The molecule has 29 heavy (non-hydrogen) atoms. The third-order valence-electron chi connectivity index (χ3n) is 5.48. The third-order valence-corrected chi connectivity index (χ3v) is 5.48. The van der Waals surface area contributed by atoms with Crippen LogP contribution in [-0.4, -0.2) is 10.2 Å². The van der Waals surface area contributed by atoms with E-state index in [0.717, 1.165) is 27.8 Å². The van der Waals surface area contributed by atoms with Crippen molar-refractivity contribution in [2.24, 2.45) is 0 Å². The first-order valence-electron chi connectivity index (χ1n) is 9.25. The molecule has 0 spiro atoms. The molecule has 142 valence electrons. The third kappa shape index (κ3) is 2.76. The summed E-state index contributed by atoms with van der Waals surface area (Å²) >= 11 is 0. The maximum absolute atomic E-state index is 14.2. The number of phenols is 2. The first kappa shape index (κ1) is 17.4. The molecule has 2 N–H and O–H groups in total. The summed E-state index contributed by atoms with van der Waals surface area (Å²) in [6.45, 7) is 0. The Balaban J connectivity index is 1.81. The van der Waals surface area contributed by atoms with Crippen LogP contribution in [0, 0.1) is 11.6 Å². The molecule has 0 amide bonds. The van der Waals surface area contributed by atoms with Crippen molar-refractivity contribution in [1.82, 2.24) is 0 Å². The van der Waals surface area contributed by atoms with Crippen molar-refractivity contribution >= 4 is 0 Å². The Morgan fingerprint density at radius 3 is 1.97 bits per heavy atom. The minimum absolute atomic E-state index is 0.415. The smallest absolute Gasteiger partial charge is 0.165 e. The molecule has 0 aliphatic heterocycles. The molecule has 0 fully saturated rings. The van der Waals surface area contributed by atoms with Gasteiger partial charge in [0.05, 0.1) is 0 Å². The summed E-state index contributed by atoms with van der Waals surface area (Å²) < 4.78 is 28.2. The Hall–Kier alpha value is -3.66. The van der Waals surface area contributed by atoms with E-state index in [9.17, 15) is 19.0 Å². The van der Waals surface area contributed by atoms with E-state index in [1.54, 1.807) is 12.1 Å². The Kier molecular flexibility index (Phi) is 3.88. The molecule has 0 heterocycles. The summed E-state index contributed by atoms with van der Waals surface area (Å²) in [5.74, 6) is -2.26. The van der Waals surface area contributed by atoms with Crippen LogP contribution in [0.2, 0.25) is 0 Å². The molecule has 0 radical (unpaired) electrons. The van der Waals surface area contributed by atoms with E-state index in [1.165, 1.54) is 29.8 Å². The van der Waals surface area contributed by atoms with Crippen LogP contribution in [0.1, 0.15) is 11.1 Å². The summed E-state index contributed by atoms with van der Waals surface area (Å²) in [4.78, 5) is 0. The van der Waals surface area contributed by atoms with Crippen LogP contribution in [0.25, 0.3) is 33.4 Å². The molecule has 0 bridgehead atoms. The SMILES string of the molecule is Oc1ccc(-c2ccc3c(c2-c2ccc(O)c(F)c2)Cc2ccccc2-3)cc1F. The molecule has 5 rings (SSSR count). The second kappa shape index (κ2) is 6.45. The van der Waals surface area contributed by atoms with Crippen molar-refractivity contribution in [1.29, 1.82) is 0 Å². The van der Waals surface area contributed by atoms with E-state index < -0.39 is 23.1 Å². The lowest BCUT2D eigenvalue weighted by Crippen LogP contribution is -1.94. The number of aromatic hydroxyl groups is 2. The average Bonchev–Trinajstić information content (AvgIpc) is 3.10. The van der Waals surface area contributed by atoms with Gasteiger partial charge in [0.25, 0.3) is 0 Å². The van der Waals surface area contributed by atoms with E-state index in [0.29, 0.717) is 17.5 Å². The predicted molar refractivity (Wildman–Crippen MR) is 109 cm³/mol. The van der Waals surface area contributed by atoms with Gasteiger partial charge in [-0.3, -0.25) is 0 Å². The van der Waals surface area contributed by atoms with Crippen molar-refractivity contribution in [2.75, 3.05) is 0 Å².